The third-order valence-electron chi connectivity index (χ3n) is 5.04. The first-order valence-electron chi connectivity index (χ1n) is 7.10. The van der Waals surface area contributed by atoms with E-state index in [-0.39, 0.29) is 0 Å². The maximum Gasteiger partial charge on any atom is 0.135 e. The minimum atomic E-state index is 0.484. The number of carbonyl (C=O) groups is 1. The van der Waals surface area contributed by atoms with E-state index < -0.39 is 0 Å². The van der Waals surface area contributed by atoms with E-state index in [0.29, 0.717) is 5.78 Å². The molecule has 0 unspecified atom stereocenters. The van der Waals surface area contributed by atoms with Crippen LogP contribution in [0.2, 0.25) is 0 Å². The zero-order valence-corrected chi connectivity index (χ0v) is 10.2. The van der Waals surface area contributed by atoms with Gasteiger partial charge in [0, 0.05) is 32.0 Å². The number of Topliss-reactive ketones (excluding diaryl/α,β-unsaturated/α-hetero) is 1. The van der Waals surface area contributed by atoms with Crippen LogP contribution in [0.5, 0.6) is 0 Å². The second-order valence-corrected chi connectivity index (χ2v) is 5.95. The molecule has 3 rings (SSSR count). The summed E-state index contributed by atoms with van der Waals surface area (Å²) in [6.07, 6.45) is 10.3. The number of hydrogen-bond acceptors (Lipinski definition) is 2. The SMILES string of the molecule is O=C1CCN(C2C3CCCC2CCC3)CC1. The third kappa shape index (κ3) is 1.92. The molecule has 0 spiro atoms. The Labute approximate surface area is 98.4 Å². The highest BCUT2D eigenvalue weighted by atomic mass is 16.1. The zero-order valence-electron chi connectivity index (χ0n) is 10.2. The van der Waals surface area contributed by atoms with Crippen LogP contribution in [0.25, 0.3) is 0 Å². The Hall–Kier alpha value is -0.370. The fourth-order valence-corrected chi connectivity index (χ4v) is 4.31. The molecule has 90 valence electrons. The lowest BCUT2D eigenvalue weighted by atomic mass is 9.67. The van der Waals surface area contributed by atoms with Crippen LogP contribution in [0.4, 0.5) is 0 Å². The topological polar surface area (TPSA) is 20.3 Å². The minimum Gasteiger partial charge on any atom is -0.300 e. The Morgan fingerprint density at radius 2 is 1.38 bits per heavy atom. The van der Waals surface area contributed by atoms with Gasteiger partial charge in [-0.2, -0.15) is 0 Å². The van der Waals surface area contributed by atoms with E-state index in [1.807, 2.05) is 0 Å². The van der Waals surface area contributed by atoms with Crippen LogP contribution in [-0.2, 0) is 4.79 Å². The van der Waals surface area contributed by atoms with E-state index in [2.05, 4.69) is 4.90 Å². The van der Waals surface area contributed by atoms with Gasteiger partial charge in [-0.15, -0.1) is 0 Å². The molecule has 0 atom stereocenters. The van der Waals surface area contributed by atoms with Gasteiger partial charge in [0.25, 0.3) is 0 Å². The average Bonchev–Trinajstić information content (AvgIpc) is 2.29. The van der Waals surface area contributed by atoms with Gasteiger partial charge in [-0.3, -0.25) is 9.69 Å². The van der Waals surface area contributed by atoms with Crippen molar-refractivity contribution in [1.82, 2.24) is 4.90 Å². The van der Waals surface area contributed by atoms with Crippen molar-refractivity contribution in [3.05, 3.63) is 0 Å². The summed E-state index contributed by atoms with van der Waals surface area (Å²) in [5, 5.41) is 0. The molecule has 2 heteroatoms. The first kappa shape index (κ1) is 10.8. The molecule has 3 aliphatic rings. The van der Waals surface area contributed by atoms with Crippen molar-refractivity contribution in [2.24, 2.45) is 11.8 Å². The molecule has 1 saturated heterocycles. The second-order valence-electron chi connectivity index (χ2n) is 5.95. The fourth-order valence-electron chi connectivity index (χ4n) is 4.31. The van der Waals surface area contributed by atoms with Gasteiger partial charge in [-0.1, -0.05) is 12.8 Å². The van der Waals surface area contributed by atoms with Crippen LogP contribution >= 0.6 is 0 Å². The quantitative estimate of drug-likeness (QED) is 0.678. The van der Waals surface area contributed by atoms with Crippen molar-refractivity contribution in [3.8, 4) is 0 Å². The summed E-state index contributed by atoms with van der Waals surface area (Å²) in [6, 6.07) is 0.843. The van der Waals surface area contributed by atoms with Crippen LogP contribution in [0.3, 0.4) is 0 Å². The molecule has 0 N–H and O–H groups in total. The normalized spacial score (nSPS) is 41.0. The van der Waals surface area contributed by atoms with E-state index in [9.17, 15) is 4.79 Å². The molecule has 2 nitrogen and oxygen atoms in total. The highest BCUT2D eigenvalue weighted by Gasteiger charge is 2.40. The molecular weight excluding hydrogens is 198 g/mol. The second kappa shape index (κ2) is 4.48. The van der Waals surface area contributed by atoms with Crippen LogP contribution in [-0.4, -0.2) is 29.8 Å². The van der Waals surface area contributed by atoms with Crippen LogP contribution in [0, 0.1) is 11.8 Å². The molecule has 0 aromatic heterocycles. The van der Waals surface area contributed by atoms with E-state index in [0.717, 1.165) is 43.8 Å². The lowest BCUT2D eigenvalue weighted by molar-refractivity contribution is -0.123. The standard InChI is InChI=1S/C14H23NO/c16-13-7-9-15(10-8-13)14-11-3-1-4-12(14)6-2-5-11/h11-12,14H,1-10H2. The van der Waals surface area contributed by atoms with Crippen molar-refractivity contribution in [3.63, 3.8) is 0 Å². The molecule has 0 radical (unpaired) electrons. The number of likely N-dealkylation sites (tertiary alicyclic amines) is 1. The number of nitrogens with zero attached hydrogens (tertiary/aromatic N) is 1. The Kier molecular flexibility index (Phi) is 3.01. The molecule has 1 aliphatic heterocycles. The predicted molar refractivity (Wildman–Crippen MR) is 64.3 cm³/mol. The molecule has 1 heterocycles. The van der Waals surface area contributed by atoms with Crippen molar-refractivity contribution >= 4 is 5.78 Å². The number of ketones is 1. The summed E-state index contributed by atoms with van der Waals surface area (Å²) in [6.45, 7) is 2.10. The van der Waals surface area contributed by atoms with Gasteiger partial charge in [-0.05, 0) is 37.5 Å². The molecule has 2 aliphatic carbocycles. The maximum absolute atomic E-state index is 11.3. The first-order valence-corrected chi connectivity index (χ1v) is 7.10. The molecule has 0 amide bonds. The predicted octanol–water partition coefficient (Wildman–Crippen LogP) is 2.62. The molecule has 0 aromatic carbocycles. The first-order chi connectivity index (χ1) is 7.84. The van der Waals surface area contributed by atoms with Gasteiger partial charge in [-0.25, -0.2) is 0 Å². The molecule has 2 saturated carbocycles. The van der Waals surface area contributed by atoms with E-state index in [1.54, 1.807) is 0 Å². The molecule has 2 bridgehead atoms. The third-order valence-corrected chi connectivity index (χ3v) is 5.04. The number of fused-ring (bicyclic) bond motifs is 2. The smallest absolute Gasteiger partial charge is 0.135 e. The van der Waals surface area contributed by atoms with Crippen molar-refractivity contribution in [1.29, 1.82) is 0 Å². The summed E-state index contributed by atoms with van der Waals surface area (Å²) in [4.78, 5) is 14.0. The molecular formula is C14H23NO. The van der Waals surface area contributed by atoms with E-state index in [1.165, 1.54) is 38.5 Å². The van der Waals surface area contributed by atoms with Gasteiger partial charge in [0.15, 0.2) is 0 Å². The Bertz CT molecular complexity index is 244. The summed E-state index contributed by atoms with van der Waals surface area (Å²) in [5.74, 6) is 2.40. The summed E-state index contributed by atoms with van der Waals surface area (Å²) >= 11 is 0. The highest BCUT2D eigenvalue weighted by molar-refractivity contribution is 5.79. The molecule has 3 fully saturated rings. The number of piperidine rings is 1. The van der Waals surface area contributed by atoms with Crippen LogP contribution in [0.15, 0.2) is 0 Å². The lowest BCUT2D eigenvalue weighted by Gasteiger charge is -2.49. The molecule has 0 aromatic rings. The van der Waals surface area contributed by atoms with E-state index in [4.69, 9.17) is 0 Å². The Balaban J connectivity index is 1.70. The number of hydrogen-bond donors (Lipinski definition) is 0. The highest BCUT2D eigenvalue weighted by Crippen LogP contribution is 2.43. The van der Waals surface area contributed by atoms with E-state index >= 15 is 0 Å². The van der Waals surface area contributed by atoms with Crippen molar-refractivity contribution in [2.75, 3.05) is 13.1 Å². The van der Waals surface area contributed by atoms with Gasteiger partial charge < -0.3 is 0 Å². The van der Waals surface area contributed by atoms with Gasteiger partial charge in [0.1, 0.15) is 5.78 Å². The summed E-state index contributed by atoms with van der Waals surface area (Å²) in [7, 11) is 0. The lowest BCUT2D eigenvalue weighted by Crippen LogP contribution is -2.52. The van der Waals surface area contributed by atoms with Crippen LogP contribution in [0.1, 0.15) is 51.4 Å². The zero-order chi connectivity index (χ0) is 11.0. The number of carbonyl (C=O) groups excluding carboxylic acids is 1. The summed E-state index contributed by atoms with van der Waals surface area (Å²) in [5.41, 5.74) is 0. The largest absolute Gasteiger partial charge is 0.300 e. The van der Waals surface area contributed by atoms with Crippen molar-refractivity contribution in [2.45, 2.75) is 57.4 Å². The van der Waals surface area contributed by atoms with Gasteiger partial charge >= 0.3 is 0 Å². The number of rotatable bonds is 1. The van der Waals surface area contributed by atoms with Gasteiger partial charge in [0.05, 0.1) is 0 Å². The fraction of sp³-hybridized carbons (Fsp3) is 0.929. The summed E-state index contributed by atoms with van der Waals surface area (Å²) < 4.78 is 0. The van der Waals surface area contributed by atoms with Gasteiger partial charge in [0.2, 0.25) is 0 Å². The minimum absolute atomic E-state index is 0.484. The molecule has 16 heavy (non-hydrogen) atoms. The maximum atomic E-state index is 11.3. The Morgan fingerprint density at radius 3 is 1.88 bits per heavy atom. The van der Waals surface area contributed by atoms with Crippen LogP contribution < -0.4 is 0 Å². The van der Waals surface area contributed by atoms with Crippen molar-refractivity contribution < 1.29 is 4.79 Å². The average molecular weight is 221 g/mol. The monoisotopic (exact) mass is 221 g/mol. The Morgan fingerprint density at radius 1 is 0.875 bits per heavy atom.